The zero-order valence-electron chi connectivity index (χ0n) is 24.2. The Morgan fingerprint density at radius 3 is 2.30 bits per heavy atom. The molecule has 1 aromatic heterocycles. The molecule has 2 heterocycles. The van der Waals surface area contributed by atoms with E-state index in [4.69, 9.17) is 4.74 Å². The predicted molar refractivity (Wildman–Crippen MR) is 152 cm³/mol. The average molecular weight is 603 g/mol. The summed E-state index contributed by atoms with van der Waals surface area (Å²) < 4.78 is 45.5. The molecule has 2 atom stereocenters. The number of benzene rings is 1. The van der Waals surface area contributed by atoms with Crippen LogP contribution in [-0.4, -0.2) is 71.4 Å². The van der Waals surface area contributed by atoms with Gasteiger partial charge in [0.1, 0.15) is 18.3 Å². The number of aryl methyl sites for hydroxylation is 1. The molecule has 1 aromatic carbocycles. The van der Waals surface area contributed by atoms with E-state index in [1.807, 2.05) is 5.32 Å². The molecule has 13 heteroatoms. The molecule has 43 heavy (non-hydrogen) atoms. The highest BCUT2D eigenvalue weighted by Gasteiger charge is 2.49. The first kappa shape index (κ1) is 30.4. The largest absolute Gasteiger partial charge is 0.483 e. The fourth-order valence-electron chi connectivity index (χ4n) is 6.19. The van der Waals surface area contributed by atoms with Gasteiger partial charge in [0, 0.05) is 32.0 Å². The van der Waals surface area contributed by atoms with Crippen LogP contribution in [0.2, 0.25) is 0 Å². The first-order valence-corrected chi connectivity index (χ1v) is 14.4. The summed E-state index contributed by atoms with van der Waals surface area (Å²) in [6.45, 7) is 2.83. The lowest BCUT2D eigenvalue weighted by Crippen LogP contribution is -2.50. The number of nitrogens with one attached hydrogen (secondary N) is 3. The van der Waals surface area contributed by atoms with Gasteiger partial charge in [0.25, 0.3) is 5.91 Å². The van der Waals surface area contributed by atoms with Crippen molar-refractivity contribution in [2.45, 2.75) is 49.7 Å². The number of hydrogen-bond acceptors (Lipinski definition) is 6. The van der Waals surface area contributed by atoms with E-state index in [0.717, 1.165) is 25.7 Å². The van der Waals surface area contributed by atoms with Crippen molar-refractivity contribution < 1.29 is 32.3 Å². The van der Waals surface area contributed by atoms with Crippen LogP contribution in [0, 0.1) is 17.8 Å². The van der Waals surface area contributed by atoms with Crippen molar-refractivity contribution in [3.05, 3.63) is 60.2 Å². The minimum atomic E-state index is -4.55. The van der Waals surface area contributed by atoms with Crippen molar-refractivity contribution in [3.8, 4) is 0 Å². The number of halogens is 3. The van der Waals surface area contributed by atoms with Gasteiger partial charge >= 0.3 is 6.18 Å². The minimum absolute atomic E-state index is 0.0235. The van der Waals surface area contributed by atoms with Crippen LogP contribution in [0.15, 0.2) is 49.0 Å². The van der Waals surface area contributed by atoms with Crippen molar-refractivity contribution in [2.75, 3.05) is 32.1 Å². The van der Waals surface area contributed by atoms with Crippen LogP contribution in [0.3, 0.4) is 0 Å². The third kappa shape index (κ3) is 6.80. The second kappa shape index (κ2) is 11.9. The van der Waals surface area contributed by atoms with Crippen molar-refractivity contribution in [2.24, 2.45) is 24.8 Å². The first-order valence-electron chi connectivity index (χ1n) is 14.4. The maximum absolute atomic E-state index is 13.7. The third-order valence-electron chi connectivity index (χ3n) is 8.79. The highest BCUT2D eigenvalue weighted by atomic mass is 19.4. The van der Waals surface area contributed by atoms with E-state index < -0.39 is 30.1 Å². The molecular formula is C30H37F3N6O4. The molecule has 3 fully saturated rings. The van der Waals surface area contributed by atoms with Gasteiger partial charge in [-0.05, 0) is 80.2 Å². The molecule has 5 rings (SSSR count). The lowest BCUT2D eigenvalue weighted by molar-refractivity contribution is -0.141. The summed E-state index contributed by atoms with van der Waals surface area (Å²) in [5.74, 6) is -0.378. The van der Waals surface area contributed by atoms with E-state index in [2.05, 4.69) is 22.3 Å². The Balaban J connectivity index is 1.35. The zero-order chi connectivity index (χ0) is 30.9. The Morgan fingerprint density at radius 2 is 1.77 bits per heavy atom. The summed E-state index contributed by atoms with van der Waals surface area (Å²) in [5.41, 5.74) is 0.0217. The van der Waals surface area contributed by atoms with Crippen LogP contribution in [0.5, 0.6) is 0 Å². The number of amides is 3. The van der Waals surface area contributed by atoms with Crippen molar-refractivity contribution in [1.29, 1.82) is 0 Å². The molecule has 1 saturated heterocycles. The maximum atomic E-state index is 13.7. The van der Waals surface area contributed by atoms with Gasteiger partial charge < -0.3 is 25.6 Å². The van der Waals surface area contributed by atoms with Gasteiger partial charge in [-0.1, -0.05) is 12.1 Å². The summed E-state index contributed by atoms with van der Waals surface area (Å²) in [6.07, 6.45) is 1.30. The van der Waals surface area contributed by atoms with E-state index in [-0.39, 0.29) is 30.7 Å². The number of rotatable bonds is 12. The fraction of sp³-hybridized carbons (Fsp3) is 0.533. The van der Waals surface area contributed by atoms with Gasteiger partial charge in [-0.2, -0.15) is 18.3 Å². The number of aromatic nitrogens is 2. The Labute approximate surface area is 248 Å². The molecule has 0 spiro atoms. The number of carbonyl (C=O) groups is 3. The number of hydrogen-bond donors (Lipinski definition) is 3. The quantitative estimate of drug-likeness (QED) is 0.321. The maximum Gasteiger partial charge on any atom is 0.405 e. The normalized spacial score (nSPS) is 20.9. The molecule has 1 aliphatic heterocycles. The van der Waals surface area contributed by atoms with Crippen LogP contribution in [0.4, 0.5) is 18.9 Å². The Kier molecular flexibility index (Phi) is 8.44. The Morgan fingerprint density at radius 1 is 1.12 bits per heavy atom. The number of likely N-dealkylation sites (tertiary alicyclic amines) is 1. The van der Waals surface area contributed by atoms with Gasteiger partial charge in [0.05, 0.1) is 12.5 Å². The number of methoxy groups -OCH3 is 1. The smallest absolute Gasteiger partial charge is 0.405 e. The lowest BCUT2D eigenvalue weighted by atomic mass is 9.78. The van der Waals surface area contributed by atoms with Gasteiger partial charge in [-0.15, -0.1) is 0 Å². The number of carbonyl (C=O) groups excluding carboxylic acids is 3. The molecule has 232 valence electrons. The van der Waals surface area contributed by atoms with Crippen molar-refractivity contribution in [1.82, 2.24) is 25.3 Å². The highest BCUT2D eigenvalue weighted by Crippen LogP contribution is 2.51. The molecule has 10 nitrogen and oxygen atoms in total. The number of alkyl halides is 3. The topological polar surface area (TPSA) is 118 Å². The summed E-state index contributed by atoms with van der Waals surface area (Å²) in [5, 5.41) is 12.0. The summed E-state index contributed by atoms with van der Waals surface area (Å²) in [6, 6.07) is 7.39. The predicted octanol–water partition coefficient (Wildman–Crippen LogP) is 3.33. The van der Waals surface area contributed by atoms with Crippen LogP contribution in [0.25, 0.3) is 0 Å². The van der Waals surface area contributed by atoms with Crippen LogP contribution >= 0.6 is 0 Å². The van der Waals surface area contributed by atoms with Crippen LogP contribution in [0.1, 0.15) is 48.2 Å². The zero-order valence-corrected chi connectivity index (χ0v) is 24.2. The molecule has 2 aromatic rings. The van der Waals surface area contributed by atoms with Crippen LogP contribution in [-0.2, 0) is 26.8 Å². The number of ether oxygens (including phenoxy) is 1. The summed E-state index contributed by atoms with van der Waals surface area (Å²) >= 11 is 0. The third-order valence-corrected chi connectivity index (χ3v) is 8.79. The fourth-order valence-corrected chi connectivity index (χ4v) is 6.19. The van der Waals surface area contributed by atoms with Crippen molar-refractivity contribution >= 4 is 23.4 Å². The Bertz CT molecular complexity index is 1360. The van der Waals surface area contributed by atoms with Gasteiger partial charge in [0.15, 0.2) is 5.88 Å². The lowest BCUT2D eigenvalue weighted by Gasteiger charge is -2.30. The van der Waals surface area contributed by atoms with Gasteiger partial charge in [0.2, 0.25) is 11.8 Å². The minimum Gasteiger partial charge on any atom is -0.483 e. The van der Waals surface area contributed by atoms with E-state index in [1.165, 1.54) is 18.0 Å². The van der Waals surface area contributed by atoms with Gasteiger partial charge in [-0.25, -0.2) is 0 Å². The average Bonchev–Trinajstić information content (AvgIpc) is 3.90. The van der Waals surface area contributed by atoms with E-state index in [0.29, 0.717) is 41.2 Å². The van der Waals surface area contributed by atoms with Gasteiger partial charge in [-0.3, -0.25) is 19.1 Å². The SMILES string of the molecule is C=C(OC)N1CCC(C(=O)NCC(F)(F)F)(c2ccc(NC(=O)[C@@H](NC(=O)c3ccnn3C)C(C3CC3)C3CC3)cc2)C1. The summed E-state index contributed by atoms with van der Waals surface area (Å²) in [7, 11) is 3.10. The van der Waals surface area contributed by atoms with Crippen molar-refractivity contribution in [3.63, 3.8) is 0 Å². The molecule has 1 unspecified atom stereocenters. The van der Waals surface area contributed by atoms with E-state index >= 15 is 0 Å². The highest BCUT2D eigenvalue weighted by molar-refractivity contribution is 6.01. The molecule has 0 radical (unpaired) electrons. The number of nitrogens with zero attached hydrogens (tertiary/aromatic N) is 3. The van der Waals surface area contributed by atoms with Crippen LogP contribution < -0.4 is 16.0 Å². The first-order chi connectivity index (χ1) is 20.4. The van der Waals surface area contributed by atoms with E-state index in [1.54, 1.807) is 42.3 Å². The molecular weight excluding hydrogens is 565 g/mol. The second-order valence-corrected chi connectivity index (χ2v) is 11.8. The summed E-state index contributed by atoms with van der Waals surface area (Å²) in [4.78, 5) is 41.8. The standard InChI is InChI=1S/C30H37F3N6O4/c1-18(43-3)39-15-13-29(17-39,28(42)34-16-30(31,32)33)21-8-10-22(11-9-21)36-27(41)25(24(19-4-5-19)20-6-7-20)37-26(40)23-12-14-35-38(23)2/h8-12,14,19-20,24-25H,1,4-7,13,15-17H2,2-3H3,(H,34,42)(H,36,41)(H,37,40)/t25-,29?/m0/s1. The molecule has 3 aliphatic rings. The number of anilines is 1. The Hall–Kier alpha value is -4.03. The molecule has 0 bridgehead atoms. The molecule has 2 aliphatic carbocycles. The molecule has 3 amide bonds. The molecule has 2 saturated carbocycles. The molecule has 3 N–H and O–H groups in total. The van der Waals surface area contributed by atoms with E-state index in [9.17, 15) is 27.6 Å². The monoisotopic (exact) mass is 602 g/mol. The second-order valence-electron chi connectivity index (χ2n) is 11.8.